The maximum absolute atomic E-state index is 12.2. The van der Waals surface area contributed by atoms with Crippen LogP contribution in [0.15, 0.2) is 47.3 Å². The first-order valence-corrected chi connectivity index (χ1v) is 8.34. The molecule has 2 aromatic heterocycles. The number of hydroxylamine groups is 2. The quantitative estimate of drug-likeness (QED) is 0.612. The van der Waals surface area contributed by atoms with Crippen LogP contribution in [0.4, 0.5) is 0 Å². The van der Waals surface area contributed by atoms with E-state index < -0.39 is 5.97 Å². The zero-order chi connectivity index (χ0) is 17.3. The summed E-state index contributed by atoms with van der Waals surface area (Å²) in [7, 11) is 1.68. The Morgan fingerprint density at radius 2 is 2.08 bits per heavy atom. The van der Waals surface area contributed by atoms with E-state index in [1.807, 2.05) is 17.4 Å². The molecule has 0 aliphatic rings. The molecule has 0 aliphatic carbocycles. The molecule has 1 aromatic carbocycles. The molecule has 124 valence electrons. The lowest BCUT2D eigenvalue weighted by Gasteiger charge is -2.22. The predicted octanol–water partition coefficient (Wildman–Crippen LogP) is 3.91. The predicted molar refractivity (Wildman–Crippen MR) is 93.7 cm³/mol. The third kappa shape index (κ3) is 3.15. The van der Waals surface area contributed by atoms with Gasteiger partial charge in [-0.2, -0.15) is 0 Å². The second-order valence-electron chi connectivity index (χ2n) is 5.16. The van der Waals surface area contributed by atoms with E-state index >= 15 is 0 Å². The summed E-state index contributed by atoms with van der Waals surface area (Å²) in [6.07, 6.45) is 3.35. The largest absolute Gasteiger partial charge is 0.363 e. The molecule has 0 saturated heterocycles. The van der Waals surface area contributed by atoms with Gasteiger partial charge in [-0.1, -0.05) is 29.8 Å². The van der Waals surface area contributed by atoms with Crippen molar-refractivity contribution >= 4 is 39.0 Å². The molecule has 0 unspecified atom stereocenters. The second-order valence-corrected chi connectivity index (χ2v) is 6.27. The summed E-state index contributed by atoms with van der Waals surface area (Å²) in [5, 5.41) is 1.81. The molecule has 8 heteroatoms. The Hall–Kier alpha value is -1.96. The Balaban J connectivity index is 1.85. The van der Waals surface area contributed by atoms with Crippen molar-refractivity contribution < 1.29 is 9.63 Å². The number of hydrogen-bond acceptors (Lipinski definition) is 5. The monoisotopic (exact) mass is 408 g/mol. The number of halogens is 2. The Morgan fingerprint density at radius 3 is 2.79 bits per heavy atom. The van der Waals surface area contributed by atoms with Crippen molar-refractivity contribution in [1.82, 2.24) is 19.4 Å². The summed E-state index contributed by atoms with van der Waals surface area (Å²) in [6, 6.07) is 8.52. The van der Waals surface area contributed by atoms with Gasteiger partial charge in [-0.15, -0.1) is 5.06 Å². The van der Waals surface area contributed by atoms with Crippen LogP contribution in [0.1, 0.15) is 29.1 Å². The number of carbonyl (C=O) groups is 1. The molecule has 0 bridgehead atoms. The smallest absolute Gasteiger partial charge is 0.357 e. The molecule has 0 amide bonds. The van der Waals surface area contributed by atoms with Crippen molar-refractivity contribution in [3.05, 3.63) is 63.9 Å². The van der Waals surface area contributed by atoms with Crippen LogP contribution in [0.3, 0.4) is 0 Å². The molecule has 0 spiro atoms. The van der Waals surface area contributed by atoms with Crippen LogP contribution in [0.5, 0.6) is 0 Å². The summed E-state index contributed by atoms with van der Waals surface area (Å²) >= 11 is 9.51. The van der Waals surface area contributed by atoms with Gasteiger partial charge >= 0.3 is 5.97 Å². The van der Waals surface area contributed by atoms with Crippen LogP contribution >= 0.6 is 27.5 Å². The lowest BCUT2D eigenvalue weighted by atomic mass is 10.2. The lowest BCUT2D eigenvalue weighted by Crippen LogP contribution is -2.27. The van der Waals surface area contributed by atoms with E-state index in [4.69, 9.17) is 16.4 Å². The zero-order valence-electron chi connectivity index (χ0n) is 13.0. The summed E-state index contributed by atoms with van der Waals surface area (Å²) in [5.74, 6) is 0.245. The van der Waals surface area contributed by atoms with Gasteiger partial charge in [0.25, 0.3) is 0 Å². The van der Waals surface area contributed by atoms with Gasteiger partial charge in [0.1, 0.15) is 22.0 Å². The van der Waals surface area contributed by atoms with Crippen molar-refractivity contribution in [2.45, 2.75) is 13.0 Å². The fraction of sp³-hybridized carbons (Fsp3) is 0.188. The third-order valence-corrected chi connectivity index (χ3v) is 4.48. The molecule has 24 heavy (non-hydrogen) atoms. The number of nitrogens with zero attached hydrogens (tertiary/aromatic N) is 4. The van der Waals surface area contributed by atoms with Gasteiger partial charge in [0.15, 0.2) is 5.15 Å². The minimum Gasteiger partial charge on any atom is -0.363 e. The average Bonchev–Trinajstić information content (AvgIpc) is 2.93. The first kappa shape index (κ1) is 16.9. The number of aromatic nitrogens is 3. The highest BCUT2D eigenvalue weighted by molar-refractivity contribution is 9.10. The zero-order valence-corrected chi connectivity index (χ0v) is 15.3. The fourth-order valence-corrected chi connectivity index (χ4v) is 3.19. The van der Waals surface area contributed by atoms with Crippen LogP contribution in [0, 0.1) is 0 Å². The molecule has 0 saturated carbocycles. The van der Waals surface area contributed by atoms with Gasteiger partial charge in [0.05, 0.1) is 5.56 Å². The van der Waals surface area contributed by atoms with Crippen LogP contribution in [0.2, 0.25) is 5.15 Å². The van der Waals surface area contributed by atoms with Crippen molar-refractivity contribution in [1.29, 1.82) is 0 Å². The highest BCUT2D eigenvalue weighted by Crippen LogP contribution is 2.28. The lowest BCUT2D eigenvalue weighted by molar-refractivity contribution is -0.118. The minimum absolute atomic E-state index is 0.296. The molecule has 3 aromatic rings. The van der Waals surface area contributed by atoms with E-state index in [1.54, 1.807) is 43.7 Å². The Labute approximate surface area is 152 Å². The van der Waals surface area contributed by atoms with Gasteiger partial charge in [-0.05, 0) is 35.0 Å². The topological polar surface area (TPSA) is 59.7 Å². The van der Waals surface area contributed by atoms with E-state index in [1.165, 1.54) is 5.06 Å². The Bertz CT molecular complexity index is 884. The Kier molecular flexibility index (Phi) is 4.84. The summed E-state index contributed by atoms with van der Waals surface area (Å²) in [4.78, 5) is 26.1. The number of hydrogen-bond donors (Lipinski definition) is 0. The van der Waals surface area contributed by atoms with Gasteiger partial charge in [-0.3, -0.25) is 4.40 Å². The SMILES string of the molecule is C[C@@H](c1nc(Br)c2c(Cl)nccn12)N(C)OC(=O)c1ccccc1. The van der Waals surface area contributed by atoms with Gasteiger partial charge in [0.2, 0.25) is 0 Å². The fourth-order valence-electron chi connectivity index (χ4n) is 2.28. The number of benzene rings is 1. The average molecular weight is 410 g/mol. The van der Waals surface area contributed by atoms with E-state index in [9.17, 15) is 4.79 Å². The highest BCUT2D eigenvalue weighted by atomic mass is 79.9. The molecular weight excluding hydrogens is 396 g/mol. The summed E-state index contributed by atoms with van der Waals surface area (Å²) in [6.45, 7) is 1.88. The summed E-state index contributed by atoms with van der Waals surface area (Å²) < 4.78 is 2.40. The van der Waals surface area contributed by atoms with Crippen molar-refractivity contribution in [2.75, 3.05) is 7.05 Å². The molecule has 1 atom stereocenters. The van der Waals surface area contributed by atoms with E-state index in [2.05, 4.69) is 25.9 Å². The normalized spacial score (nSPS) is 12.5. The van der Waals surface area contributed by atoms with E-state index in [-0.39, 0.29) is 6.04 Å². The van der Waals surface area contributed by atoms with Crippen molar-refractivity contribution in [3.8, 4) is 0 Å². The van der Waals surface area contributed by atoms with Crippen LogP contribution in [-0.2, 0) is 4.84 Å². The number of carbonyl (C=O) groups excluding carboxylic acids is 1. The molecule has 0 fully saturated rings. The van der Waals surface area contributed by atoms with Crippen LogP contribution < -0.4 is 0 Å². The maximum Gasteiger partial charge on any atom is 0.357 e. The third-order valence-electron chi connectivity index (χ3n) is 3.65. The first-order valence-electron chi connectivity index (χ1n) is 7.17. The number of imidazole rings is 1. The molecule has 3 rings (SSSR count). The van der Waals surface area contributed by atoms with E-state index in [0.29, 0.717) is 26.7 Å². The maximum atomic E-state index is 12.2. The van der Waals surface area contributed by atoms with Crippen LogP contribution in [0.25, 0.3) is 5.52 Å². The van der Waals surface area contributed by atoms with Gasteiger partial charge in [0, 0.05) is 19.4 Å². The van der Waals surface area contributed by atoms with Crippen molar-refractivity contribution in [3.63, 3.8) is 0 Å². The van der Waals surface area contributed by atoms with Gasteiger partial charge < -0.3 is 4.84 Å². The molecular formula is C16H14BrClN4O2. The molecule has 0 N–H and O–H groups in total. The molecule has 2 heterocycles. The number of fused-ring (bicyclic) bond motifs is 1. The Morgan fingerprint density at radius 1 is 1.38 bits per heavy atom. The minimum atomic E-state index is -0.426. The summed E-state index contributed by atoms with van der Waals surface area (Å²) in [5.41, 5.74) is 1.15. The molecule has 6 nitrogen and oxygen atoms in total. The molecule has 0 radical (unpaired) electrons. The van der Waals surface area contributed by atoms with Gasteiger partial charge in [-0.25, -0.2) is 14.8 Å². The molecule has 0 aliphatic heterocycles. The standard InChI is InChI=1S/C16H14BrClN4O2/c1-10(21(2)24-16(23)11-6-4-3-5-7-11)15-20-13(17)12-14(18)19-8-9-22(12)15/h3-10H,1-2H3/t10-/m0/s1. The highest BCUT2D eigenvalue weighted by Gasteiger charge is 2.23. The second kappa shape index (κ2) is 6.88. The first-order chi connectivity index (χ1) is 11.5. The number of rotatable bonds is 4. The van der Waals surface area contributed by atoms with E-state index in [0.717, 1.165) is 0 Å². The van der Waals surface area contributed by atoms with Crippen molar-refractivity contribution in [2.24, 2.45) is 0 Å². The van der Waals surface area contributed by atoms with Crippen LogP contribution in [-0.4, -0.2) is 32.4 Å².